The Hall–Kier alpha value is -3.13. The highest BCUT2D eigenvalue weighted by Crippen LogP contribution is 2.36. The first-order chi connectivity index (χ1) is 14.1. The summed E-state index contributed by atoms with van der Waals surface area (Å²) in [6.07, 6.45) is 1.62. The molecule has 1 aliphatic carbocycles. The summed E-state index contributed by atoms with van der Waals surface area (Å²) < 4.78 is 17.2. The summed E-state index contributed by atoms with van der Waals surface area (Å²) >= 11 is 1.08. The van der Waals surface area contributed by atoms with Gasteiger partial charge in [-0.3, -0.25) is 9.59 Å². The molecule has 8 heteroatoms. The third kappa shape index (κ3) is 4.48. The standard InChI is InChI=1S/C21H19FN4O2S/c22-16-8-6-15(7-9-16)19(20(27)23-12-14-4-2-1-3-5-14)26(17-10-11-17)21(28)18-13-29-25-24-18/h1-9,13,17,19H,10-12H2,(H,23,27)/t19-/m0/s1. The zero-order valence-corrected chi connectivity index (χ0v) is 16.3. The van der Waals surface area contributed by atoms with Gasteiger partial charge in [-0.15, -0.1) is 5.10 Å². The number of benzene rings is 2. The predicted molar refractivity (Wildman–Crippen MR) is 107 cm³/mol. The maximum atomic E-state index is 13.5. The fourth-order valence-electron chi connectivity index (χ4n) is 3.20. The van der Waals surface area contributed by atoms with E-state index in [2.05, 4.69) is 14.9 Å². The minimum Gasteiger partial charge on any atom is -0.350 e. The van der Waals surface area contributed by atoms with E-state index in [1.165, 1.54) is 12.1 Å². The van der Waals surface area contributed by atoms with Crippen molar-refractivity contribution in [1.82, 2.24) is 19.8 Å². The van der Waals surface area contributed by atoms with E-state index in [0.717, 1.165) is 29.9 Å². The van der Waals surface area contributed by atoms with Crippen LogP contribution in [0.1, 0.15) is 40.5 Å². The van der Waals surface area contributed by atoms with Gasteiger partial charge in [0.2, 0.25) is 5.91 Å². The highest BCUT2D eigenvalue weighted by atomic mass is 32.1. The van der Waals surface area contributed by atoms with Gasteiger partial charge in [-0.05, 0) is 47.6 Å². The van der Waals surface area contributed by atoms with Gasteiger partial charge in [-0.1, -0.05) is 47.0 Å². The van der Waals surface area contributed by atoms with Crippen molar-refractivity contribution in [3.05, 3.63) is 82.6 Å². The Bertz CT molecular complexity index is 976. The van der Waals surface area contributed by atoms with Crippen LogP contribution >= 0.6 is 11.5 Å². The van der Waals surface area contributed by atoms with Crippen molar-refractivity contribution in [2.75, 3.05) is 0 Å². The van der Waals surface area contributed by atoms with Crippen molar-refractivity contribution in [2.45, 2.75) is 31.5 Å². The zero-order chi connectivity index (χ0) is 20.2. The smallest absolute Gasteiger partial charge is 0.276 e. The molecule has 0 saturated heterocycles. The first-order valence-electron chi connectivity index (χ1n) is 9.30. The normalized spacial score (nSPS) is 14.2. The Morgan fingerprint density at radius 2 is 1.86 bits per heavy atom. The third-order valence-corrected chi connectivity index (χ3v) is 5.28. The SMILES string of the molecule is O=C(NCc1ccccc1)[C@H](c1ccc(F)cc1)N(C(=O)c1csnn1)C1CC1. The number of nitrogens with zero attached hydrogens (tertiary/aromatic N) is 3. The fraction of sp³-hybridized carbons (Fsp3) is 0.238. The van der Waals surface area contributed by atoms with Gasteiger partial charge in [-0.25, -0.2) is 4.39 Å². The molecular formula is C21H19FN4O2S. The highest BCUT2D eigenvalue weighted by Gasteiger charge is 2.42. The van der Waals surface area contributed by atoms with Gasteiger partial charge >= 0.3 is 0 Å². The Balaban J connectivity index is 1.64. The number of aromatic nitrogens is 2. The summed E-state index contributed by atoms with van der Waals surface area (Å²) in [7, 11) is 0. The van der Waals surface area contributed by atoms with Crippen LogP contribution < -0.4 is 5.32 Å². The Morgan fingerprint density at radius 3 is 2.48 bits per heavy atom. The topological polar surface area (TPSA) is 75.2 Å². The quantitative estimate of drug-likeness (QED) is 0.648. The summed E-state index contributed by atoms with van der Waals surface area (Å²) in [5, 5.41) is 8.36. The van der Waals surface area contributed by atoms with Crippen LogP contribution in [0.15, 0.2) is 60.0 Å². The lowest BCUT2D eigenvalue weighted by atomic mass is 10.0. The number of carbonyl (C=O) groups is 2. The highest BCUT2D eigenvalue weighted by molar-refractivity contribution is 7.03. The van der Waals surface area contributed by atoms with E-state index in [0.29, 0.717) is 12.1 Å². The summed E-state index contributed by atoms with van der Waals surface area (Å²) in [5.41, 5.74) is 1.72. The van der Waals surface area contributed by atoms with Gasteiger partial charge in [0.25, 0.3) is 5.91 Å². The minimum atomic E-state index is -0.874. The first-order valence-corrected chi connectivity index (χ1v) is 10.1. The molecule has 0 radical (unpaired) electrons. The molecule has 0 unspecified atom stereocenters. The molecule has 1 heterocycles. The van der Waals surface area contributed by atoms with Crippen LogP contribution in [0.3, 0.4) is 0 Å². The molecule has 1 atom stereocenters. The Morgan fingerprint density at radius 1 is 1.14 bits per heavy atom. The molecule has 1 aliphatic rings. The monoisotopic (exact) mass is 410 g/mol. The van der Waals surface area contributed by atoms with Gasteiger partial charge < -0.3 is 10.2 Å². The van der Waals surface area contributed by atoms with Crippen molar-refractivity contribution >= 4 is 23.3 Å². The van der Waals surface area contributed by atoms with Gasteiger partial charge in [0.1, 0.15) is 11.9 Å². The molecule has 6 nitrogen and oxygen atoms in total. The largest absolute Gasteiger partial charge is 0.350 e. The summed E-state index contributed by atoms with van der Waals surface area (Å²) in [4.78, 5) is 27.9. The summed E-state index contributed by atoms with van der Waals surface area (Å²) in [6, 6.07) is 14.3. The second-order valence-electron chi connectivity index (χ2n) is 6.89. The first kappa shape index (κ1) is 19.2. The van der Waals surface area contributed by atoms with Crippen molar-refractivity contribution in [2.24, 2.45) is 0 Å². The summed E-state index contributed by atoms with van der Waals surface area (Å²) in [5.74, 6) is -1.06. The van der Waals surface area contributed by atoms with Gasteiger partial charge in [0.05, 0.1) is 0 Å². The molecule has 1 N–H and O–H groups in total. The number of nitrogens with one attached hydrogen (secondary N) is 1. The molecule has 148 valence electrons. The number of rotatable bonds is 7. The van der Waals surface area contributed by atoms with Gasteiger partial charge in [0.15, 0.2) is 5.69 Å². The molecule has 1 aromatic heterocycles. The lowest BCUT2D eigenvalue weighted by Crippen LogP contribution is -2.45. The second kappa shape index (κ2) is 8.48. The van der Waals surface area contributed by atoms with Gasteiger partial charge in [0, 0.05) is 18.0 Å². The maximum absolute atomic E-state index is 13.5. The molecule has 2 amide bonds. The molecule has 2 aromatic carbocycles. The van der Waals surface area contributed by atoms with Crippen LogP contribution in [0.4, 0.5) is 4.39 Å². The lowest BCUT2D eigenvalue weighted by molar-refractivity contribution is -0.126. The number of carbonyl (C=O) groups excluding carboxylic acids is 2. The van der Waals surface area contributed by atoms with E-state index in [4.69, 9.17) is 0 Å². The van der Waals surface area contributed by atoms with E-state index in [9.17, 15) is 14.0 Å². The van der Waals surface area contributed by atoms with Crippen LogP contribution in [0.25, 0.3) is 0 Å². The van der Waals surface area contributed by atoms with E-state index < -0.39 is 11.9 Å². The fourth-order valence-corrected chi connectivity index (χ4v) is 3.63. The number of halogens is 1. The van der Waals surface area contributed by atoms with E-state index >= 15 is 0 Å². The molecule has 0 aliphatic heterocycles. The van der Waals surface area contributed by atoms with E-state index in [1.807, 2.05) is 30.3 Å². The second-order valence-corrected chi connectivity index (χ2v) is 7.50. The average molecular weight is 410 g/mol. The third-order valence-electron chi connectivity index (χ3n) is 4.78. The van der Waals surface area contributed by atoms with Crippen molar-refractivity contribution in [3.63, 3.8) is 0 Å². The van der Waals surface area contributed by atoms with Crippen LogP contribution in [-0.2, 0) is 11.3 Å². The Labute approximate surface area is 171 Å². The Kier molecular flexibility index (Phi) is 5.62. The van der Waals surface area contributed by atoms with Crippen molar-refractivity contribution in [3.8, 4) is 0 Å². The number of amides is 2. The molecule has 1 saturated carbocycles. The molecule has 4 rings (SSSR count). The van der Waals surface area contributed by atoms with E-state index in [-0.39, 0.29) is 23.6 Å². The number of hydrogen-bond acceptors (Lipinski definition) is 5. The molecule has 29 heavy (non-hydrogen) atoms. The zero-order valence-electron chi connectivity index (χ0n) is 15.5. The van der Waals surface area contributed by atoms with Crippen LogP contribution in [0.2, 0.25) is 0 Å². The van der Waals surface area contributed by atoms with Gasteiger partial charge in [-0.2, -0.15) is 0 Å². The molecule has 0 spiro atoms. The number of hydrogen-bond donors (Lipinski definition) is 1. The molecular weight excluding hydrogens is 391 g/mol. The van der Waals surface area contributed by atoms with Crippen molar-refractivity contribution in [1.29, 1.82) is 0 Å². The van der Waals surface area contributed by atoms with Crippen LogP contribution in [0, 0.1) is 5.82 Å². The summed E-state index contributed by atoms with van der Waals surface area (Å²) in [6.45, 7) is 0.336. The van der Waals surface area contributed by atoms with Crippen LogP contribution in [-0.4, -0.2) is 32.3 Å². The predicted octanol–water partition coefficient (Wildman–Crippen LogP) is 3.34. The van der Waals surface area contributed by atoms with E-state index in [1.54, 1.807) is 22.4 Å². The van der Waals surface area contributed by atoms with Crippen molar-refractivity contribution < 1.29 is 14.0 Å². The molecule has 1 fully saturated rings. The maximum Gasteiger partial charge on any atom is 0.276 e. The lowest BCUT2D eigenvalue weighted by Gasteiger charge is -2.31. The average Bonchev–Trinajstić information content (AvgIpc) is 3.43. The molecule has 0 bridgehead atoms. The van der Waals surface area contributed by atoms with Crippen LogP contribution in [0.5, 0.6) is 0 Å². The molecule has 3 aromatic rings. The minimum absolute atomic E-state index is 0.0540.